The molecule has 166 valence electrons. The minimum Gasteiger partial charge on any atom is -0.342 e. The summed E-state index contributed by atoms with van der Waals surface area (Å²) in [5.41, 5.74) is 3.79. The van der Waals surface area contributed by atoms with Crippen molar-refractivity contribution in [2.24, 2.45) is 0 Å². The predicted molar refractivity (Wildman–Crippen MR) is 120 cm³/mol. The van der Waals surface area contributed by atoms with Gasteiger partial charge in [-0.1, -0.05) is 24.6 Å². The van der Waals surface area contributed by atoms with Gasteiger partial charge in [0.1, 0.15) is 0 Å². The molecule has 2 saturated heterocycles. The Hall–Kier alpha value is -2.67. The van der Waals surface area contributed by atoms with Gasteiger partial charge in [0.2, 0.25) is 5.91 Å². The van der Waals surface area contributed by atoms with Crippen LogP contribution in [0.2, 0.25) is 0 Å². The third kappa shape index (κ3) is 4.82. The average Bonchev–Trinajstić information content (AvgIpc) is 3.24. The lowest BCUT2D eigenvalue weighted by atomic mass is 10.1. The van der Waals surface area contributed by atoms with Crippen LogP contribution in [0.1, 0.15) is 47.8 Å². The Morgan fingerprint density at radius 2 is 1.58 bits per heavy atom. The van der Waals surface area contributed by atoms with Gasteiger partial charge in [-0.3, -0.25) is 14.5 Å². The minimum absolute atomic E-state index is 0.0391. The van der Waals surface area contributed by atoms with Crippen molar-refractivity contribution in [3.63, 3.8) is 0 Å². The summed E-state index contributed by atoms with van der Waals surface area (Å²) in [4.78, 5) is 31.8. The van der Waals surface area contributed by atoms with E-state index < -0.39 is 0 Å². The van der Waals surface area contributed by atoms with E-state index in [1.165, 1.54) is 12.0 Å². The number of carbonyl (C=O) groups is 2. The van der Waals surface area contributed by atoms with E-state index in [0.29, 0.717) is 25.2 Å². The summed E-state index contributed by atoms with van der Waals surface area (Å²) in [5, 5.41) is 4.52. The first-order valence-corrected chi connectivity index (χ1v) is 11.5. The summed E-state index contributed by atoms with van der Waals surface area (Å²) in [5.74, 6) is 0.268. The largest absolute Gasteiger partial charge is 0.342 e. The van der Waals surface area contributed by atoms with Gasteiger partial charge >= 0.3 is 0 Å². The highest BCUT2D eigenvalue weighted by molar-refractivity contribution is 5.95. The molecule has 2 aliphatic heterocycles. The fourth-order valence-electron chi connectivity index (χ4n) is 4.52. The molecule has 1 aromatic heterocycles. The molecule has 2 amide bonds. The number of carbonyl (C=O) groups excluding carboxylic acids is 2. The van der Waals surface area contributed by atoms with Gasteiger partial charge in [0.15, 0.2) is 0 Å². The molecule has 0 unspecified atom stereocenters. The molecule has 0 atom stereocenters. The third-order valence-electron chi connectivity index (χ3n) is 6.44. The lowest BCUT2D eigenvalue weighted by molar-refractivity contribution is -0.133. The lowest BCUT2D eigenvalue weighted by Crippen LogP contribution is -2.52. The zero-order valence-electron chi connectivity index (χ0n) is 18.7. The number of hydrogen-bond donors (Lipinski definition) is 0. The molecule has 4 rings (SSSR count). The first-order valence-electron chi connectivity index (χ1n) is 11.5. The Balaban J connectivity index is 1.37. The van der Waals surface area contributed by atoms with Gasteiger partial charge in [-0.2, -0.15) is 5.10 Å². The summed E-state index contributed by atoms with van der Waals surface area (Å²) in [7, 11) is 0. The summed E-state index contributed by atoms with van der Waals surface area (Å²) in [6, 6.07) is 8.19. The van der Waals surface area contributed by atoms with Crippen molar-refractivity contribution in [2.75, 3.05) is 45.8 Å². The van der Waals surface area contributed by atoms with E-state index in [4.69, 9.17) is 0 Å². The molecule has 2 fully saturated rings. The van der Waals surface area contributed by atoms with E-state index in [1.807, 2.05) is 26.6 Å². The van der Waals surface area contributed by atoms with Crippen molar-refractivity contribution < 1.29 is 9.59 Å². The van der Waals surface area contributed by atoms with Crippen LogP contribution in [0.5, 0.6) is 0 Å². The molecule has 31 heavy (non-hydrogen) atoms. The van der Waals surface area contributed by atoms with Crippen LogP contribution in [0.3, 0.4) is 0 Å². The Labute approximate surface area is 184 Å². The lowest BCUT2D eigenvalue weighted by Gasteiger charge is -2.36. The van der Waals surface area contributed by atoms with Gasteiger partial charge < -0.3 is 9.80 Å². The van der Waals surface area contributed by atoms with Crippen molar-refractivity contribution >= 4 is 11.8 Å². The van der Waals surface area contributed by atoms with Crippen LogP contribution in [0.4, 0.5) is 0 Å². The van der Waals surface area contributed by atoms with E-state index in [-0.39, 0.29) is 11.8 Å². The fourth-order valence-corrected chi connectivity index (χ4v) is 4.52. The summed E-state index contributed by atoms with van der Waals surface area (Å²) in [6.45, 7) is 9.12. The molecule has 7 heteroatoms. The van der Waals surface area contributed by atoms with Crippen LogP contribution in [-0.4, -0.2) is 82.1 Å². The Kier molecular flexibility index (Phi) is 6.70. The molecular weight excluding hydrogens is 390 g/mol. The highest BCUT2D eigenvalue weighted by Gasteiger charge is 2.27. The second kappa shape index (κ2) is 9.64. The standard InChI is InChI=1S/C24H33N5O2/c1-3-22-21(17-25-29(22)20-9-7-19(2)8-10-20)24(31)28-15-13-26(14-16-28)18-23(30)27-11-5-4-6-12-27/h7-10,17H,3-6,11-16,18H2,1-2H3. The van der Waals surface area contributed by atoms with Gasteiger partial charge in [-0.05, 0) is 44.7 Å². The maximum absolute atomic E-state index is 13.2. The van der Waals surface area contributed by atoms with Crippen LogP contribution in [0, 0.1) is 6.92 Å². The molecule has 3 heterocycles. The SMILES string of the molecule is CCc1c(C(=O)N2CCN(CC(=O)N3CCCCC3)CC2)cnn1-c1ccc(C)cc1. The number of aromatic nitrogens is 2. The number of rotatable bonds is 5. The second-order valence-electron chi connectivity index (χ2n) is 8.62. The van der Waals surface area contributed by atoms with Crippen molar-refractivity contribution in [2.45, 2.75) is 39.5 Å². The van der Waals surface area contributed by atoms with Crippen molar-refractivity contribution in [3.05, 3.63) is 47.3 Å². The van der Waals surface area contributed by atoms with E-state index in [0.717, 1.165) is 56.8 Å². The van der Waals surface area contributed by atoms with Crippen LogP contribution in [0.15, 0.2) is 30.5 Å². The zero-order valence-corrected chi connectivity index (χ0v) is 18.7. The Morgan fingerprint density at radius 1 is 0.903 bits per heavy atom. The molecule has 0 radical (unpaired) electrons. The normalized spacial score (nSPS) is 17.7. The van der Waals surface area contributed by atoms with Gasteiger partial charge in [0.05, 0.1) is 29.7 Å². The number of amides is 2. The number of nitrogens with zero attached hydrogens (tertiary/aromatic N) is 5. The first-order chi connectivity index (χ1) is 15.1. The molecule has 7 nitrogen and oxygen atoms in total. The number of likely N-dealkylation sites (tertiary alicyclic amines) is 1. The maximum atomic E-state index is 13.2. The van der Waals surface area contributed by atoms with E-state index >= 15 is 0 Å². The molecule has 0 N–H and O–H groups in total. The smallest absolute Gasteiger partial charge is 0.257 e. The fraction of sp³-hybridized carbons (Fsp3) is 0.542. The highest BCUT2D eigenvalue weighted by atomic mass is 16.2. The van der Waals surface area contributed by atoms with E-state index in [2.05, 4.69) is 36.0 Å². The van der Waals surface area contributed by atoms with Gasteiger partial charge in [0, 0.05) is 39.3 Å². The number of aryl methyl sites for hydroxylation is 1. The average molecular weight is 424 g/mol. The summed E-state index contributed by atoms with van der Waals surface area (Å²) >= 11 is 0. The maximum Gasteiger partial charge on any atom is 0.257 e. The minimum atomic E-state index is 0.0391. The molecule has 0 aliphatic carbocycles. The number of piperazine rings is 1. The molecule has 1 aromatic carbocycles. The summed E-state index contributed by atoms with van der Waals surface area (Å²) < 4.78 is 1.88. The number of piperidine rings is 1. The molecule has 2 aromatic rings. The van der Waals surface area contributed by atoms with Crippen LogP contribution in [-0.2, 0) is 11.2 Å². The van der Waals surface area contributed by atoms with Crippen molar-refractivity contribution in [3.8, 4) is 5.69 Å². The Bertz CT molecular complexity index is 907. The molecule has 2 aliphatic rings. The molecule has 0 saturated carbocycles. The first kappa shape index (κ1) is 21.6. The molecular formula is C24H33N5O2. The van der Waals surface area contributed by atoms with E-state index in [1.54, 1.807) is 6.20 Å². The van der Waals surface area contributed by atoms with Crippen LogP contribution < -0.4 is 0 Å². The van der Waals surface area contributed by atoms with Crippen molar-refractivity contribution in [1.29, 1.82) is 0 Å². The van der Waals surface area contributed by atoms with Crippen LogP contribution >= 0.6 is 0 Å². The summed E-state index contributed by atoms with van der Waals surface area (Å²) in [6.07, 6.45) is 5.89. The van der Waals surface area contributed by atoms with E-state index in [9.17, 15) is 9.59 Å². The molecule has 0 bridgehead atoms. The monoisotopic (exact) mass is 423 g/mol. The topological polar surface area (TPSA) is 61.7 Å². The van der Waals surface area contributed by atoms with Crippen LogP contribution in [0.25, 0.3) is 5.69 Å². The third-order valence-corrected chi connectivity index (χ3v) is 6.44. The van der Waals surface area contributed by atoms with Gasteiger partial charge in [-0.25, -0.2) is 4.68 Å². The van der Waals surface area contributed by atoms with Gasteiger partial charge in [0.25, 0.3) is 5.91 Å². The molecule has 0 spiro atoms. The van der Waals surface area contributed by atoms with Gasteiger partial charge in [-0.15, -0.1) is 0 Å². The number of hydrogen-bond acceptors (Lipinski definition) is 4. The highest BCUT2D eigenvalue weighted by Crippen LogP contribution is 2.19. The van der Waals surface area contributed by atoms with Crippen molar-refractivity contribution in [1.82, 2.24) is 24.5 Å². The predicted octanol–water partition coefficient (Wildman–Crippen LogP) is 2.51. The number of benzene rings is 1. The quantitative estimate of drug-likeness (QED) is 0.741. The second-order valence-corrected chi connectivity index (χ2v) is 8.62. The Morgan fingerprint density at radius 3 is 2.23 bits per heavy atom. The zero-order chi connectivity index (χ0) is 21.8.